The minimum Gasteiger partial charge on any atom is -0.493 e. The molecule has 0 bridgehead atoms. The summed E-state index contributed by atoms with van der Waals surface area (Å²) in [4.78, 5) is 0.304. The summed E-state index contributed by atoms with van der Waals surface area (Å²) in [5.41, 5.74) is 0. The van der Waals surface area contributed by atoms with Gasteiger partial charge in [-0.3, -0.25) is 0 Å². The van der Waals surface area contributed by atoms with Gasteiger partial charge in [0, 0.05) is 0 Å². The zero-order chi connectivity index (χ0) is 15.3. The predicted octanol–water partition coefficient (Wildman–Crippen LogP) is 3.32. The van der Waals surface area contributed by atoms with Gasteiger partial charge in [-0.25, -0.2) is 8.42 Å². The lowest BCUT2D eigenvalue weighted by molar-refractivity contribution is 0.328. The second-order valence-corrected chi connectivity index (χ2v) is 6.15. The number of hydrogen-bond acceptors (Lipinski definition) is 4. The van der Waals surface area contributed by atoms with Gasteiger partial charge in [0.25, 0.3) is 0 Å². The van der Waals surface area contributed by atoms with Gasteiger partial charge in [-0.1, -0.05) is 24.3 Å². The predicted molar refractivity (Wildman–Crippen MR) is 80.7 cm³/mol. The summed E-state index contributed by atoms with van der Waals surface area (Å²) in [5.74, 6) is 0.706. The first-order chi connectivity index (χ1) is 10.1. The Morgan fingerprint density at radius 1 is 0.762 bits per heavy atom. The number of rotatable bonds is 6. The van der Waals surface area contributed by atoms with Crippen LogP contribution in [0.1, 0.15) is 13.8 Å². The van der Waals surface area contributed by atoms with Gasteiger partial charge in [0.2, 0.25) is 9.84 Å². The maximum absolute atomic E-state index is 12.9. The lowest BCUT2D eigenvalue weighted by atomic mass is 10.3. The molecular formula is C16H18O4S. The molecule has 112 valence electrons. The van der Waals surface area contributed by atoms with Crippen LogP contribution in [-0.2, 0) is 9.84 Å². The number of benzene rings is 2. The van der Waals surface area contributed by atoms with E-state index in [-0.39, 0.29) is 9.79 Å². The molecule has 0 heterocycles. The third-order valence-electron chi connectivity index (χ3n) is 2.88. The van der Waals surface area contributed by atoms with Crippen LogP contribution in [0.4, 0.5) is 0 Å². The Morgan fingerprint density at radius 3 is 1.52 bits per heavy atom. The van der Waals surface area contributed by atoms with Crippen molar-refractivity contribution in [1.29, 1.82) is 0 Å². The molecule has 0 unspecified atom stereocenters. The fourth-order valence-electron chi connectivity index (χ4n) is 2.01. The number of hydrogen-bond donors (Lipinski definition) is 0. The van der Waals surface area contributed by atoms with E-state index in [1.807, 2.05) is 13.8 Å². The molecule has 0 saturated heterocycles. The summed E-state index contributed by atoms with van der Waals surface area (Å²) in [7, 11) is -3.69. The normalized spacial score (nSPS) is 11.1. The first-order valence-electron chi connectivity index (χ1n) is 6.80. The van der Waals surface area contributed by atoms with Crippen LogP contribution in [0.5, 0.6) is 11.5 Å². The third-order valence-corrected chi connectivity index (χ3v) is 4.71. The largest absolute Gasteiger partial charge is 0.493 e. The van der Waals surface area contributed by atoms with Crippen molar-refractivity contribution in [2.45, 2.75) is 23.6 Å². The van der Waals surface area contributed by atoms with Crippen LogP contribution < -0.4 is 9.47 Å². The van der Waals surface area contributed by atoms with E-state index >= 15 is 0 Å². The summed E-state index contributed by atoms with van der Waals surface area (Å²) < 4.78 is 36.6. The molecule has 0 aromatic heterocycles. The van der Waals surface area contributed by atoms with Gasteiger partial charge in [0.15, 0.2) is 0 Å². The molecular weight excluding hydrogens is 288 g/mol. The van der Waals surface area contributed by atoms with Gasteiger partial charge in [0.05, 0.1) is 13.2 Å². The van der Waals surface area contributed by atoms with E-state index in [0.717, 1.165) is 0 Å². The molecule has 0 amide bonds. The maximum Gasteiger partial charge on any atom is 0.213 e. The average Bonchev–Trinajstić information content (AvgIpc) is 2.49. The molecule has 0 atom stereocenters. The molecule has 2 aromatic carbocycles. The minimum atomic E-state index is -3.69. The van der Waals surface area contributed by atoms with Gasteiger partial charge in [-0.05, 0) is 38.1 Å². The second kappa shape index (κ2) is 6.63. The van der Waals surface area contributed by atoms with E-state index in [1.165, 1.54) is 0 Å². The van der Waals surface area contributed by atoms with Crippen molar-refractivity contribution < 1.29 is 17.9 Å². The van der Waals surface area contributed by atoms with Crippen molar-refractivity contribution >= 4 is 9.84 Å². The Labute approximate surface area is 125 Å². The highest BCUT2D eigenvalue weighted by atomic mass is 32.2. The molecule has 0 aliphatic rings. The van der Waals surface area contributed by atoms with Crippen LogP contribution in [0.2, 0.25) is 0 Å². The first kappa shape index (κ1) is 15.4. The average molecular weight is 306 g/mol. The molecule has 0 aliphatic heterocycles. The highest BCUT2D eigenvalue weighted by Gasteiger charge is 2.25. The second-order valence-electron chi connectivity index (χ2n) is 4.26. The maximum atomic E-state index is 12.9. The Hall–Kier alpha value is -2.01. The van der Waals surface area contributed by atoms with Gasteiger partial charge in [-0.15, -0.1) is 0 Å². The van der Waals surface area contributed by atoms with E-state index in [4.69, 9.17) is 9.47 Å². The Kier molecular flexibility index (Phi) is 4.85. The molecule has 21 heavy (non-hydrogen) atoms. The quantitative estimate of drug-likeness (QED) is 0.821. The zero-order valence-corrected chi connectivity index (χ0v) is 12.9. The van der Waals surface area contributed by atoms with Crippen molar-refractivity contribution in [3.63, 3.8) is 0 Å². The Balaban J connectivity index is 2.58. The van der Waals surface area contributed by atoms with Crippen molar-refractivity contribution in [1.82, 2.24) is 0 Å². The Morgan fingerprint density at radius 2 is 1.14 bits per heavy atom. The number of ether oxygens (including phenoxy) is 2. The molecule has 0 aliphatic carbocycles. The van der Waals surface area contributed by atoms with Crippen LogP contribution in [0.3, 0.4) is 0 Å². The molecule has 5 heteroatoms. The molecule has 4 nitrogen and oxygen atoms in total. The van der Waals surface area contributed by atoms with Crippen LogP contribution in [-0.4, -0.2) is 21.6 Å². The molecule has 2 rings (SSSR count). The SMILES string of the molecule is CCOc1ccccc1S(=O)(=O)c1ccccc1OCC. The standard InChI is InChI=1S/C16H18O4S/c1-3-19-13-9-5-7-11-15(13)21(17,18)16-12-8-6-10-14(16)20-4-2/h5-12H,3-4H2,1-2H3. The molecule has 0 fully saturated rings. The van der Waals surface area contributed by atoms with Crippen LogP contribution in [0.15, 0.2) is 58.3 Å². The smallest absolute Gasteiger partial charge is 0.213 e. The fourth-order valence-corrected chi connectivity index (χ4v) is 3.55. The van der Waals surface area contributed by atoms with E-state index in [2.05, 4.69) is 0 Å². The first-order valence-corrected chi connectivity index (χ1v) is 8.28. The van der Waals surface area contributed by atoms with E-state index in [0.29, 0.717) is 24.7 Å². The molecule has 0 radical (unpaired) electrons. The highest BCUT2D eigenvalue weighted by molar-refractivity contribution is 7.91. The van der Waals surface area contributed by atoms with Crippen LogP contribution in [0.25, 0.3) is 0 Å². The van der Waals surface area contributed by atoms with Gasteiger partial charge >= 0.3 is 0 Å². The fraction of sp³-hybridized carbons (Fsp3) is 0.250. The van der Waals surface area contributed by atoms with Crippen molar-refractivity contribution in [2.24, 2.45) is 0 Å². The van der Waals surface area contributed by atoms with Crippen LogP contribution in [0, 0.1) is 0 Å². The molecule has 2 aromatic rings. The summed E-state index contributed by atoms with van der Waals surface area (Å²) in [6.07, 6.45) is 0. The minimum absolute atomic E-state index is 0.152. The number of sulfone groups is 1. The van der Waals surface area contributed by atoms with E-state index in [9.17, 15) is 8.42 Å². The summed E-state index contributed by atoms with van der Waals surface area (Å²) in [6, 6.07) is 13.2. The lowest BCUT2D eigenvalue weighted by Crippen LogP contribution is -2.08. The molecule has 0 N–H and O–H groups in total. The van der Waals surface area contributed by atoms with Crippen molar-refractivity contribution in [3.05, 3.63) is 48.5 Å². The summed E-state index contributed by atoms with van der Waals surface area (Å²) in [5, 5.41) is 0. The van der Waals surface area contributed by atoms with Crippen molar-refractivity contribution in [2.75, 3.05) is 13.2 Å². The summed E-state index contributed by atoms with van der Waals surface area (Å²) in [6.45, 7) is 4.44. The van der Waals surface area contributed by atoms with E-state index < -0.39 is 9.84 Å². The van der Waals surface area contributed by atoms with Crippen molar-refractivity contribution in [3.8, 4) is 11.5 Å². The molecule has 0 spiro atoms. The Bertz CT molecular complexity index is 652. The lowest BCUT2D eigenvalue weighted by Gasteiger charge is -2.13. The monoisotopic (exact) mass is 306 g/mol. The van der Waals surface area contributed by atoms with Gasteiger partial charge in [0.1, 0.15) is 21.3 Å². The summed E-state index contributed by atoms with van der Waals surface area (Å²) >= 11 is 0. The van der Waals surface area contributed by atoms with Gasteiger partial charge < -0.3 is 9.47 Å². The van der Waals surface area contributed by atoms with Crippen LogP contribution >= 0.6 is 0 Å². The highest BCUT2D eigenvalue weighted by Crippen LogP contribution is 2.34. The third kappa shape index (κ3) is 3.19. The molecule has 0 saturated carbocycles. The van der Waals surface area contributed by atoms with E-state index in [1.54, 1.807) is 48.5 Å². The topological polar surface area (TPSA) is 52.6 Å². The number of para-hydroxylation sites is 2. The van der Waals surface area contributed by atoms with Gasteiger partial charge in [-0.2, -0.15) is 0 Å². The zero-order valence-electron chi connectivity index (χ0n) is 12.1.